The van der Waals surface area contributed by atoms with Crippen LogP contribution in [0, 0.1) is 17.8 Å². The minimum Gasteiger partial charge on any atom is -0.507 e. The second-order valence-electron chi connectivity index (χ2n) is 9.93. The van der Waals surface area contributed by atoms with Crippen LogP contribution in [-0.2, 0) is 9.53 Å². The number of allylic oxidation sites excluding steroid dienone is 2. The fraction of sp³-hybridized carbons (Fsp3) is 0.538. The van der Waals surface area contributed by atoms with Gasteiger partial charge < -0.3 is 24.8 Å². The number of aromatic hydroxyl groups is 1. The van der Waals surface area contributed by atoms with Crippen LogP contribution in [-0.4, -0.2) is 82.4 Å². The van der Waals surface area contributed by atoms with E-state index in [1.165, 1.54) is 6.07 Å². The summed E-state index contributed by atoms with van der Waals surface area (Å²) in [7, 11) is 0. The van der Waals surface area contributed by atoms with Crippen molar-refractivity contribution in [2.75, 3.05) is 39.5 Å². The number of hydrogen-bond acceptors (Lipinski definition) is 8. The molecule has 1 aromatic carbocycles. The molecule has 3 N–H and O–H groups in total. The van der Waals surface area contributed by atoms with Gasteiger partial charge in [-0.05, 0) is 31.9 Å². The standard InChI is InChI=1S/C26H31NO7/c1-15(2)6-7-25-24(32)16-12-18-23(31)22-20(30)4-3-5-21(22)34-26(18,25)19(14-33-25)17(16)13-27(8-10-28)9-11-29/h3-6,12,16-17,19,28-30H,7-11,13-14H2,1-2H3/t16-,17+,19-,25?,26-/m1/s1. The maximum absolute atomic E-state index is 14.1. The van der Waals surface area contributed by atoms with Gasteiger partial charge in [0, 0.05) is 43.5 Å². The minimum absolute atomic E-state index is 0.0646. The van der Waals surface area contributed by atoms with Crippen molar-refractivity contribution in [2.45, 2.75) is 31.5 Å². The van der Waals surface area contributed by atoms with Crippen LogP contribution < -0.4 is 4.74 Å². The third-order valence-electron chi connectivity index (χ3n) is 7.90. The number of phenolic OH excluding ortho intramolecular Hbond substituents is 1. The Bertz CT molecular complexity index is 1080. The second-order valence-corrected chi connectivity index (χ2v) is 9.93. The molecule has 1 saturated heterocycles. The Labute approximate surface area is 198 Å². The van der Waals surface area contributed by atoms with Crippen molar-refractivity contribution >= 4 is 11.6 Å². The van der Waals surface area contributed by atoms with Crippen molar-refractivity contribution < 1.29 is 34.4 Å². The average molecular weight is 470 g/mol. The first-order chi connectivity index (χ1) is 16.3. The lowest BCUT2D eigenvalue weighted by Crippen LogP contribution is -2.74. The smallest absolute Gasteiger partial charge is 0.200 e. The molecule has 2 fully saturated rings. The van der Waals surface area contributed by atoms with E-state index in [1.807, 2.05) is 24.8 Å². The molecule has 0 amide bonds. The summed E-state index contributed by atoms with van der Waals surface area (Å²) in [5.74, 6) is -1.36. The number of aliphatic hydroxyl groups excluding tert-OH is 2. The Hall–Kier alpha value is -2.52. The SMILES string of the molecule is CC(C)=CCC12OC[C@@H]3[C@@H](CN(CCO)CCO)[C@@H](C=C4C(=O)c5c(O)cccc5O[C@]431)C2=O. The molecule has 8 nitrogen and oxygen atoms in total. The lowest BCUT2D eigenvalue weighted by Gasteiger charge is -2.58. The van der Waals surface area contributed by atoms with E-state index in [4.69, 9.17) is 9.47 Å². The summed E-state index contributed by atoms with van der Waals surface area (Å²) in [6.07, 6.45) is 3.98. The third kappa shape index (κ3) is 2.99. The summed E-state index contributed by atoms with van der Waals surface area (Å²) in [4.78, 5) is 29.7. The molecular weight excluding hydrogens is 438 g/mol. The summed E-state index contributed by atoms with van der Waals surface area (Å²) in [5.41, 5.74) is -1.07. The van der Waals surface area contributed by atoms with Gasteiger partial charge >= 0.3 is 0 Å². The van der Waals surface area contributed by atoms with Crippen LogP contribution in [0.5, 0.6) is 11.5 Å². The molecule has 2 aliphatic heterocycles. The number of benzene rings is 1. The van der Waals surface area contributed by atoms with Gasteiger partial charge in [-0.3, -0.25) is 14.5 Å². The van der Waals surface area contributed by atoms with E-state index in [2.05, 4.69) is 0 Å². The number of Topliss-reactive ketones (excluding diaryl/α,β-unsaturated/α-hetero) is 2. The fourth-order valence-corrected chi connectivity index (χ4v) is 6.44. The van der Waals surface area contributed by atoms with Crippen molar-refractivity contribution in [1.29, 1.82) is 0 Å². The van der Waals surface area contributed by atoms with Gasteiger partial charge in [0.15, 0.2) is 22.8 Å². The molecule has 34 heavy (non-hydrogen) atoms. The quantitative estimate of drug-likeness (QED) is 0.491. The number of hydrogen-bond donors (Lipinski definition) is 3. The van der Waals surface area contributed by atoms with Crippen molar-refractivity contribution in [3.63, 3.8) is 0 Å². The van der Waals surface area contributed by atoms with E-state index in [0.717, 1.165) is 5.57 Å². The summed E-state index contributed by atoms with van der Waals surface area (Å²) in [6, 6.07) is 4.73. The zero-order valence-corrected chi connectivity index (χ0v) is 19.5. The van der Waals surface area contributed by atoms with Gasteiger partial charge in [-0.2, -0.15) is 0 Å². The predicted octanol–water partition coefficient (Wildman–Crippen LogP) is 1.49. The minimum atomic E-state index is -1.32. The van der Waals surface area contributed by atoms with E-state index < -0.39 is 17.1 Å². The van der Waals surface area contributed by atoms with E-state index in [9.17, 15) is 24.9 Å². The summed E-state index contributed by atoms with van der Waals surface area (Å²) < 4.78 is 13.0. The molecule has 6 rings (SSSR count). The molecule has 4 bridgehead atoms. The molecule has 182 valence electrons. The van der Waals surface area contributed by atoms with Gasteiger partial charge in [-0.25, -0.2) is 0 Å². The van der Waals surface area contributed by atoms with Crippen LogP contribution in [0.4, 0.5) is 0 Å². The average Bonchev–Trinajstić information content (AvgIpc) is 3.08. The number of phenols is 1. The number of aliphatic hydroxyl groups is 2. The summed E-state index contributed by atoms with van der Waals surface area (Å²) in [5, 5.41) is 29.4. The Morgan fingerprint density at radius 3 is 2.62 bits per heavy atom. The Balaban J connectivity index is 1.67. The van der Waals surface area contributed by atoms with Crippen LogP contribution in [0.2, 0.25) is 0 Å². The van der Waals surface area contributed by atoms with Crippen LogP contribution in [0.1, 0.15) is 30.6 Å². The number of ketones is 2. The predicted molar refractivity (Wildman–Crippen MR) is 123 cm³/mol. The molecule has 3 aliphatic carbocycles. The van der Waals surface area contributed by atoms with Gasteiger partial charge in [0.2, 0.25) is 0 Å². The maximum atomic E-state index is 14.1. The lowest BCUT2D eigenvalue weighted by molar-refractivity contribution is -0.171. The molecule has 1 aromatic rings. The Morgan fingerprint density at radius 2 is 1.94 bits per heavy atom. The van der Waals surface area contributed by atoms with Gasteiger partial charge in [-0.1, -0.05) is 23.8 Å². The summed E-state index contributed by atoms with van der Waals surface area (Å²) in [6.45, 7) is 5.23. The number of nitrogens with zero attached hydrogens (tertiary/aromatic N) is 1. The van der Waals surface area contributed by atoms with Gasteiger partial charge in [0.25, 0.3) is 0 Å². The van der Waals surface area contributed by atoms with Crippen LogP contribution >= 0.6 is 0 Å². The van der Waals surface area contributed by atoms with Crippen molar-refractivity contribution in [2.24, 2.45) is 17.8 Å². The number of fused-ring (bicyclic) bond motifs is 1. The van der Waals surface area contributed by atoms with E-state index in [1.54, 1.807) is 18.2 Å². The van der Waals surface area contributed by atoms with E-state index in [0.29, 0.717) is 31.6 Å². The van der Waals surface area contributed by atoms with Gasteiger partial charge in [-0.15, -0.1) is 0 Å². The number of carbonyl (C=O) groups excluding carboxylic acids is 2. The number of rotatable bonds is 8. The molecule has 2 heterocycles. The molecule has 5 aliphatic rings. The number of ether oxygens (including phenoxy) is 2. The van der Waals surface area contributed by atoms with E-state index in [-0.39, 0.29) is 60.3 Å². The van der Waals surface area contributed by atoms with Crippen molar-refractivity contribution in [3.8, 4) is 11.5 Å². The monoisotopic (exact) mass is 469 g/mol. The molecule has 5 atom stereocenters. The Morgan fingerprint density at radius 1 is 1.21 bits per heavy atom. The lowest BCUT2D eigenvalue weighted by atomic mass is 9.49. The molecule has 8 heteroatoms. The highest BCUT2D eigenvalue weighted by atomic mass is 16.6. The first-order valence-corrected chi connectivity index (χ1v) is 11.8. The van der Waals surface area contributed by atoms with Crippen LogP contribution in [0.15, 0.2) is 41.5 Å². The third-order valence-corrected chi connectivity index (χ3v) is 7.90. The highest BCUT2D eigenvalue weighted by Gasteiger charge is 2.79. The summed E-state index contributed by atoms with van der Waals surface area (Å²) >= 11 is 0. The maximum Gasteiger partial charge on any atom is 0.200 e. The molecule has 1 saturated carbocycles. The molecule has 0 radical (unpaired) electrons. The second kappa shape index (κ2) is 8.30. The normalized spacial score (nSPS) is 32.9. The highest BCUT2D eigenvalue weighted by Crippen LogP contribution is 2.65. The molecular formula is C26H31NO7. The first-order valence-electron chi connectivity index (χ1n) is 11.8. The molecule has 0 aromatic heterocycles. The zero-order valence-electron chi connectivity index (χ0n) is 19.5. The zero-order chi connectivity index (χ0) is 24.3. The van der Waals surface area contributed by atoms with E-state index >= 15 is 0 Å². The number of carbonyl (C=O) groups is 2. The van der Waals surface area contributed by atoms with Crippen LogP contribution in [0.25, 0.3) is 0 Å². The highest BCUT2D eigenvalue weighted by molar-refractivity contribution is 6.18. The fourth-order valence-electron chi connectivity index (χ4n) is 6.44. The Kier molecular flexibility index (Phi) is 5.67. The van der Waals surface area contributed by atoms with Crippen molar-refractivity contribution in [1.82, 2.24) is 4.90 Å². The van der Waals surface area contributed by atoms with Gasteiger partial charge in [0.05, 0.1) is 19.8 Å². The molecule has 1 spiro atoms. The van der Waals surface area contributed by atoms with Gasteiger partial charge in [0.1, 0.15) is 17.1 Å². The largest absolute Gasteiger partial charge is 0.507 e. The van der Waals surface area contributed by atoms with Crippen LogP contribution in [0.3, 0.4) is 0 Å². The van der Waals surface area contributed by atoms with Crippen molar-refractivity contribution in [3.05, 3.63) is 47.1 Å². The topological polar surface area (TPSA) is 117 Å². The molecule has 1 unspecified atom stereocenters. The first kappa shape index (κ1) is 23.2.